The number of benzene rings is 1. The molecular weight excluding hydrogens is 374 g/mol. The van der Waals surface area contributed by atoms with Crippen molar-refractivity contribution in [1.82, 2.24) is 9.97 Å². The van der Waals surface area contributed by atoms with E-state index in [4.69, 9.17) is 15.5 Å². The number of aromatic nitrogens is 2. The van der Waals surface area contributed by atoms with Gasteiger partial charge >= 0.3 is 0 Å². The minimum atomic E-state index is -0.341. The molecule has 1 fully saturated rings. The van der Waals surface area contributed by atoms with E-state index in [1.165, 1.54) is 11.3 Å². The van der Waals surface area contributed by atoms with Gasteiger partial charge in [0.25, 0.3) is 0 Å². The molecule has 0 amide bonds. The maximum Gasteiger partial charge on any atom is 0.141 e. The Morgan fingerprint density at radius 3 is 2.86 bits per heavy atom. The lowest BCUT2D eigenvalue weighted by atomic mass is 10.0. The van der Waals surface area contributed by atoms with Gasteiger partial charge in [0, 0.05) is 42.0 Å². The van der Waals surface area contributed by atoms with E-state index >= 15 is 0 Å². The second kappa shape index (κ2) is 7.46. The van der Waals surface area contributed by atoms with Gasteiger partial charge in [-0.15, -0.1) is 11.3 Å². The van der Waals surface area contributed by atoms with Crippen LogP contribution in [-0.2, 0) is 0 Å². The highest BCUT2D eigenvalue weighted by atomic mass is 32.1. The number of methoxy groups -OCH3 is 1. The van der Waals surface area contributed by atoms with Gasteiger partial charge in [-0.1, -0.05) is 0 Å². The second-order valence-corrected chi connectivity index (χ2v) is 7.47. The van der Waals surface area contributed by atoms with Gasteiger partial charge in [0.05, 0.1) is 24.6 Å². The van der Waals surface area contributed by atoms with Crippen molar-refractivity contribution >= 4 is 22.7 Å². The van der Waals surface area contributed by atoms with E-state index in [0.29, 0.717) is 34.9 Å². The molecule has 1 aromatic carbocycles. The number of nitrogens with zero attached hydrogens (tertiary/aromatic N) is 4. The first-order valence-corrected chi connectivity index (χ1v) is 9.70. The zero-order valence-electron chi connectivity index (χ0n) is 15.3. The van der Waals surface area contributed by atoms with Gasteiger partial charge in [0.2, 0.25) is 0 Å². The van der Waals surface area contributed by atoms with Gasteiger partial charge in [-0.2, -0.15) is 5.26 Å². The summed E-state index contributed by atoms with van der Waals surface area (Å²) in [4.78, 5) is 11.1. The van der Waals surface area contributed by atoms with Crippen LogP contribution in [0.3, 0.4) is 0 Å². The molecule has 28 heavy (non-hydrogen) atoms. The van der Waals surface area contributed by atoms with Crippen LogP contribution in [0.2, 0.25) is 0 Å². The zero-order valence-corrected chi connectivity index (χ0v) is 16.1. The van der Waals surface area contributed by atoms with Gasteiger partial charge in [-0.05, 0) is 24.6 Å². The van der Waals surface area contributed by atoms with Crippen LogP contribution in [0.25, 0.3) is 22.0 Å². The maximum atomic E-state index is 9.88. The summed E-state index contributed by atoms with van der Waals surface area (Å²) in [7, 11) is 1.60. The number of aliphatic hydroxyl groups is 1. The van der Waals surface area contributed by atoms with E-state index in [1.54, 1.807) is 19.4 Å². The van der Waals surface area contributed by atoms with Crippen LogP contribution in [0.15, 0.2) is 35.8 Å². The van der Waals surface area contributed by atoms with E-state index in [2.05, 4.69) is 16.0 Å². The van der Waals surface area contributed by atoms with Crippen LogP contribution < -0.4 is 15.4 Å². The molecule has 8 heteroatoms. The van der Waals surface area contributed by atoms with Crippen LogP contribution in [0, 0.1) is 11.3 Å². The monoisotopic (exact) mass is 393 g/mol. The first-order valence-electron chi connectivity index (χ1n) is 8.82. The Labute approximate surface area is 166 Å². The largest absolute Gasteiger partial charge is 0.497 e. The number of rotatable bonds is 4. The number of nitriles is 1. The lowest BCUT2D eigenvalue weighted by Crippen LogP contribution is -2.21. The lowest BCUT2D eigenvalue weighted by Gasteiger charge is -2.20. The molecule has 0 saturated carbocycles. The topological polar surface area (TPSA) is 108 Å². The number of anilines is 2. The smallest absolute Gasteiger partial charge is 0.141 e. The number of ether oxygens (including phenoxy) is 1. The highest BCUT2D eigenvalue weighted by molar-refractivity contribution is 7.13. The summed E-state index contributed by atoms with van der Waals surface area (Å²) in [6.45, 7) is 1.32. The number of β-amino-alcohol motifs (C(OH)–C–C–N with tert-alkyl or cyclic N) is 1. The zero-order chi connectivity index (χ0) is 19.7. The fourth-order valence-corrected chi connectivity index (χ4v) is 3.95. The minimum absolute atomic E-state index is 0.320. The number of nitrogens with two attached hydrogens (primary N) is 1. The molecule has 142 valence electrons. The molecule has 0 unspecified atom stereocenters. The van der Waals surface area contributed by atoms with Gasteiger partial charge < -0.3 is 20.5 Å². The number of aliphatic hydroxyl groups excluding tert-OH is 1. The van der Waals surface area contributed by atoms with E-state index < -0.39 is 0 Å². The van der Waals surface area contributed by atoms with Gasteiger partial charge in [0.1, 0.15) is 28.1 Å². The summed E-state index contributed by atoms with van der Waals surface area (Å²) in [6.07, 6.45) is 2.09. The Morgan fingerprint density at radius 1 is 1.36 bits per heavy atom. The molecule has 0 spiro atoms. The molecule has 0 radical (unpaired) electrons. The number of hydrogen-bond donors (Lipinski definition) is 2. The SMILES string of the molecule is COc1cc(-c2nc(-c3nccs3)cc(N)c2C#N)cc(N2CC[C@H](O)C2)c1. The molecular formula is C20H19N5O2S. The van der Waals surface area contributed by atoms with Crippen molar-refractivity contribution in [3.63, 3.8) is 0 Å². The van der Waals surface area contributed by atoms with E-state index in [0.717, 1.165) is 29.2 Å². The molecule has 3 aromatic rings. The maximum absolute atomic E-state index is 9.88. The van der Waals surface area contributed by atoms with Crippen molar-refractivity contribution in [2.75, 3.05) is 30.8 Å². The fraction of sp³-hybridized carbons (Fsp3) is 0.250. The Balaban J connectivity index is 1.87. The molecule has 1 saturated heterocycles. The quantitative estimate of drug-likeness (QED) is 0.701. The van der Waals surface area contributed by atoms with Crippen molar-refractivity contribution in [3.8, 4) is 33.8 Å². The Bertz CT molecular complexity index is 1050. The number of thiazole rings is 1. The van der Waals surface area contributed by atoms with Crippen molar-refractivity contribution in [3.05, 3.63) is 41.4 Å². The van der Waals surface area contributed by atoms with Crippen molar-refractivity contribution in [1.29, 1.82) is 5.26 Å². The molecule has 3 heterocycles. The third-order valence-corrected chi connectivity index (χ3v) is 5.54. The average Bonchev–Trinajstić information content (AvgIpc) is 3.39. The Kier molecular flexibility index (Phi) is 4.86. The lowest BCUT2D eigenvalue weighted by molar-refractivity contribution is 0.198. The summed E-state index contributed by atoms with van der Waals surface area (Å²) in [5.41, 5.74) is 9.61. The standard InChI is InChI=1S/C20H19N5O2S/c1-27-15-7-12(6-13(8-15)25-4-2-14(26)11-25)19-16(10-21)17(22)9-18(24-19)20-23-3-5-28-20/h3,5-9,14,26H,2,4,11H2,1H3,(H2,22,24)/t14-/m0/s1. The number of pyridine rings is 1. The average molecular weight is 393 g/mol. The third kappa shape index (κ3) is 3.38. The summed E-state index contributed by atoms with van der Waals surface area (Å²) in [6, 6.07) is 9.56. The van der Waals surface area contributed by atoms with Crippen LogP contribution in [0.5, 0.6) is 5.75 Å². The molecule has 0 bridgehead atoms. The molecule has 0 aliphatic carbocycles. The highest BCUT2D eigenvalue weighted by Crippen LogP contribution is 2.36. The summed E-state index contributed by atoms with van der Waals surface area (Å²) >= 11 is 1.46. The van der Waals surface area contributed by atoms with Crippen LogP contribution in [0.4, 0.5) is 11.4 Å². The van der Waals surface area contributed by atoms with Crippen LogP contribution in [0.1, 0.15) is 12.0 Å². The predicted molar refractivity (Wildman–Crippen MR) is 109 cm³/mol. The molecule has 7 nitrogen and oxygen atoms in total. The second-order valence-electron chi connectivity index (χ2n) is 6.58. The van der Waals surface area contributed by atoms with Gasteiger partial charge in [-0.25, -0.2) is 9.97 Å². The summed E-state index contributed by atoms with van der Waals surface area (Å²) in [5, 5.41) is 22.2. The molecule has 1 aliphatic rings. The predicted octanol–water partition coefficient (Wildman–Crippen LogP) is 2.91. The highest BCUT2D eigenvalue weighted by Gasteiger charge is 2.22. The molecule has 4 rings (SSSR count). The van der Waals surface area contributed by atoms with E-state index in [-0.39, 0.29) is 6.10 Å². The normalized spacial score (nSPS) is 16.2. The van der Waals surface area contributed by atoms with Crippen molar-refractivity contribution < 1.29 is 9.84 Å². The Morgan fingerprint density at radius 2 is 2.21 bits per heavy atom. The van der Waals surface area contributed by atoms with Gasteiger partial charge in [-0.3, -0.25) is 0 Å². The summed E-state index contributed by atoms with van der Waals surface area (Å²) < 4.78 is 5.47. The number of hydrogen-bond acceptors (Lipinski definition) is 8. The van der Waals surface area contributed by atoms with Crippen molar-refractivity contribution in [2.24, 2.45) is 0 Å². The summed E-state index contributed by atoms with van der Waals surface area (Å²) in [5.74, 6) is 0.651. The minimum Gasteiger partial charge on any atom is -0.497 e. The molecule has 2 aromatic heterocycles. The first kappa shape index (κ1) is 18.2. The first-order chi connectivity index (χ1) is 13.6. The van der Waals surface area contributed by atoms with Crippen LogP contribution in [-0.4, -0.2) is 41.4 Å². The fourth-order valence-electron chi connectivity index (χ4n) is 3.35. The van der Waals surface area contributed by atoms with Crippen molar-refractivity contribution in [2.45, 2.75) is 12.5 Å². The van der Waals surface area contributed by atoms with E-state index in [1.807, 2.05) is 23.6 Å². The number of nitrogen functional groups attached to an aromatic ring is 1. The Hall–Kier alpha value is -3.15. The molecule has 1 atom stereocenters. The third-order valence-electron chi connectivity index (χ3n) is 4.74. The van der Waals surface area contributed by atoms with E-state index in [9.17, 15) is 10.4 Å². The molecule has 3 N–H and O–H groups in total. The molecule has 1 aliphatic heterocycles. The van der Waals surface area contributed by atoms with Crippen LogP contribution >= 0.6 is 11.3 Å². The van der Waals surface area contributed by atoms with Gasteiger partial charge in [0.15, 0.2) is 0 Å².